The Kier molecular flexibility index (Phi) is 7.66. The van der Waals surface area contributed by atoms with E-state index in [0.717, 1.165) is 30.1 Å². The molecule has 0 bridgehead atoms. The highest BCUT2D eigenvalue weighted by atomic mass is 16.5. The third-order valence-corrected chi connectivity index (χ3v) is 6.41. The molecule has 1 aromatic heterocycles. The lowest BCUT2D eigenvalue weighted by molar-refractivity contribution is 0.252. The maximum Gasteiger partial charge on any atom is 0.319 e. The lowest BCUT2D eigenvalue weighted by Gasteiger charge is -2.22. The normalized spacial score (nSPS) is 14.1. The smallest absolute Gasteiger partial charge is 0.319 e. The van der Waals surface area contributed by atoms with Gasteiger partial charge in [0.2, 0.25) is 0 Å². The number of hydrogen-bond acceptors (Lipinski definition) is 3. The molecule has 2 amide bonds. The fourth-order valence-corrected chi connectivity index (χ4v) is 4.58. The van der Waals surface area contributed by atoms with E-state index in [9.17, 15) is 4.79 Å². The summed E-state index contributed by atoms with van der Waals surface area (Å²) in [5.74, 6) is 1.41. The van der Waals surface area contributed by atoms with Crippen molar-refractivity contribution in [2.75, 3.05) is 19.0 Å². The molecule has 0 atom stereocenters. The number of aromatic nitrogens is 2. The van der Waals surface area contributed by atoms with Crippen LogP contribution in [0, 0.1) is 6.92 Å². The number of imidazole rings is 1. The van der Waals surface area contributed by atoms with Gasteiger partial charge in [-0.25, -0.2) is 9.78 Å². The van der Waals surface area contributed by atoms with Gasteiger partial charge in [0.05, 0.1) is 24.8 Å². The summed E-state index contributed by atoms with van der Waals surface area (Å²) >= 11 is 0. The van der Waals surface area contributed by atoms with Crippen molar-refractivity contribution in [3.8, 4) is 11.4 Å². The van der Waals surface area contributed by atoms with E-state index >= 15 is 0 Å². The lowest BCUT2D eigenvalue weighted by atomic mass is 9.84. The number of amides is 2. The van der Waals surface area contributed by atoms with Crippen LogP contribution < -0.4 is 15.4 Å². The van der Waals surface area contributed by atoms with Gasteiger partial charge in [-0.15, -0.1) is 0 Å². The molecule has 0 spiro atoms. The van der Waals surface area contributed by atoms with Gasteiger partial charge in [0.25, 0.3) is 0 Å². The number of aryl methyl sites for hydroxylation is 2. The summed E-state index contributed by atoms with van der Waals surface area (Å²) in [5, 5.41) is 5.83. The lowest BCUT2D eigenvalue weighted by Crippen LogP contribution is -2.29. The molecule has 0 aliphatic heterocycles. The minimum Gasteiger partial charge on any atom is -0.494 e. The number of methoxy groups -OCH3 is 1. The Morgan fingerprint density at radius 3 is 2.61 bits per heavy atom. The summed E-state index contributed by atoms with van der Waals surface area (Å²) in [6.07, 6.45) is 12.3. The van der Waals surface area contributed by atoms with Crippen molar-refractivity contribution in [3.05, 3.63) is 71.8 Å². The van der Waals surface area contributed by atoms with Crippen LogP contribution in [0.25, 0.3) is 5.69 Å². The molecule has 1 aliphatic carbocycles. The van der Waals surface area contributed by atoms with Gasteiger partial charge in [0.1, 0.15) is 5.75 Å². The monoisotopic (exact) mass is 446 g/mol. The predicted molar refractivity (Wildman–Crippen MR) is 132 cm³/mol. The van der Waals surface area contributed by atoms with Crippen LogP contribution in [0.5, 0.6) is 5.75 Å². The highest BCUT2D eigenvalue weighted by Gasteiger charge is 2.15. The molecule has 3 aromatic rings. The summed E-state index contributed by atoms with van der Waals surface area (Å²) in [6.45, 7) is 2.57. The average Bonchev–Trinajstić information content (AvgIpc) is 3.28. The summed E-state index contributed by atoms with van der Waals surface area (Å²) in [4.78, 5) is 16.6. The van der Waals surface area contributed by atoms with Crippen LogP contribution >= 0.6 is 0 Å². The van der Waals surface area contributed by atoms with Gasteiger partial charge in [-0.2, -0.15) is 0 Å². The number of nitrogens with one attached hydrogen (secondary N) is 2. The van der Waals surface area contributed by atoms with Gasteiger partial charge in [-0.3, -0.25) is 0 Å². The quantitative estimate of drug-likeness (QED) is 0.418. The predicted octanol–water partition coefficient (Wildman–Crippen LogP) is 5.99. The number of anilines is 1. The van der Waals surface area contributed by atoms with Crippen molar-refractivity contribution in [3.63, 3.8) is 0 Å². The van der Waals surface area contributed by atoms with Crippen molar-refractivity contribution in [1.29, 1.82) is 0 Å². The standard InChI is InChI=1S/C27H34N4O2/c1-20-18-31(19-29-20)25-15-14-24(17-26(25)33-2)30-27(32)28-16-6-7-21-10-12-23(13-11-21)22-8-4-3-5-9-22/h10-15,17-19,22H,3-9,16H2,1-2H3,(H2,28,30,32). The van der Waals surface area contributed by atoms with E-state index in [1.54, 1.807) is 13.4 Å². The fourth-order valence-electron chi connectivity index (χ4n) is 4.58. The largest absolute Gasteiger partial charge is 0.494 e. The number of carbonyl (C=O) groups excluding carboxylic acids is 1. The molecule has 33 heavy (non-hydrogen) atoms. The Labute approximate surface area is 196 Å². The van der Waals surface area contributed by atoms with Crippen molar-refractivity contribution >= 4 is 11.7 Å². The Bertz CT molecular complexity index is 1050. The Morgan fingerprint density at radius 2 is 1.91 bits per heavy atom. The number of benzene rings is 2. The van der Waals surface area contributed by atoms with E-state index < -0.39 is 0 Å². The first-order valence-corrected chi connectivity index (χ1v) is 11.9. The number of ether oxygens (including phenoxy) is 1. The van der Waals surface area contributed by atoms with Crippen LogP contribution in [0.3, 0.4) is 0 Å². The average molecular weight is 447 g/mol. The van der Waals surface area contributed by atoms with Gasteiger partial charge in [-0.05, 0) is 61.8 Å². The minimum atomic E-state index is -0.212. The van der Waals surface area contributed by atoms with E-state index in [-0.39, 0.29) is 6.03 Å². The number of urea groups is 1. The van der Waals surface area contributed by atoms with Gasteiger partial charge >= 0.3 is 6.03 Å². The summed E-state index contributed by atoms with van der Waals surface area (Å²) < 4.78 is 7.41. The van der Waals surface area contributed by atoms with Crippen LogP contribution in [0.4, 0.5) is 10.5 Å². The molecule has 6 heteroatoms. The van der Waals surface area contributed by atoms with E-state index in [1.807, 2.05) is 35.9 Å². The molecule has 1 aliphatic rings. The zero-order valence-corrected chi connectivity index (χ0v) is 19.6. The first-order valence-electron chi connectivity index (χ1n) is 11.9. The number of carbonyl (C=O) groups is 1. The molecule has 1 heterocycles. The summed E-state index contributed by atoms with van der Waals surface area (Å²) in [7, 11) is 1.62. The van der Waals surface area contributed by atoms with Gasteiger partial charge < -0.3 is 19.9 Å². The highest BCUT2D eigenvalue weighted by molar-refractivity contribution is 5.89. The van der Waals surface area contributed by atoms with E-state index in [4.69, 9.17) is 4.74 Å². The Balaban J connectivity index is 1.22. The van der Waals surface area contributed by atoms with Crippen molar-refractivity contribution in [2.24, 2.45) is 0 Å². The second-order valence-electron chi connectivity index (χ2n) is 8.87. The van der Waals surface area contributed by atoms with Crippen molar-refractivity contribution < 1.29 is 9.53 Å². The molecule has 4 rings (SSSR count). The second-order valence-corrected chi connectivity index (χ2v) is 8.87. The molecule has 6 nitrogen and oxygen atoms in total. The van der Waals surface area contributed by atoms with Crippen LogP contribution in [-0.2, 0) is 6.42 Å². The topological polar surface area (TPSA) is 68.2 Å². The van der Waals surface area contributed by atoms with E-state index in [1.165, 1.54) is 43.2 Å². The number of hydrogen-bond donors (Lipinski definition) is 2. The van der Waals surface area contributed by atoms with Crippen LogP contribution in [0.15, 0.2) is 55.0 Å². The van der Waals surface area contributed by atoms with Crippen molar-refractivity contribution in [1.82, 2.24) is 14.9 Å². The highest BCUT2D eigenvalue weighted by Crippen LogP contribution is 2.32. The molecular formula is C27H34N4O2. The summed E-state index contributed by atoms with van der Waals surface area (Å²) in [6, 6.07) is 14.5. The molecule has 1 saturated carbocycles. The molecule has 0 saturated heterocycles. The first kappa shape index (κ1) is 22.9. The molecule has 0 radical (unpaired) electrons. The van der Waals surface area contributed by atoms with Crippen LogP contribution in [0.2, 0.25) is 0 Å². The van der Waals surface area contributed by atoms with Gasteiger partial charge in [-0.1, -0.05) is 43.5 Å². The van der Waals surface area contributed by atoms with E-state index in [0.29, 0.717) is 18.0 Å². The van der Waals surface area contributed by atoms with Crippen LogP contribution in [0.1, 0.15) is 61.3 Å². The van der Waals surface area contributed by atoms with Gasteiger partial charge in [0, 0.05) is 24.5 Å². The maximum atomic E-state index is 12.3. The molecule has 0 unspecified atom stereocenters. The third kappa shape index (κ3) is 6.15. The molecule has 174 valence electrons. The maximum absolute atomic E-state index is 12.3. The summed E-state index contributed by atoms with van der Waals surface area (Å²) in [5.41, 5.74) is 5.30. The Morgan fingerprint density at radius 1 is 1.12 bits per heavy atom. The molecular weight excluding hydrogens is 412 g/mol. The molecule has 2 N–H and O–H groups in total. The molecule has 1 fully saturated rings. The first-order chi connectivity index (χ1) is 16.1. The number of rotatable bonds is 8. The minimum absolute atomic E-state index is 0.212. The Hall–Kier alpha value is -3.28. The zero-order chi connectivity index (χ0) is 23.0. The SMILES string of the molecule is COc1cc(NC(=O)NCCCc2ccc(C3CCCCC3)cc2)ccc1-n1cnc(C)c1. The zero-order valence-electron chi connectivity index (χ0n) is 19.6. The molecule has 2 aromatic carbocycles. The van der Waals surface area contributed by atoms with Crippen LogP contribution in [-0.4, -0.2) is 29.2 Å². The fraction of sp³-hybridized carbons (Fsp3) is 0.407. The number of nitrogens with zero attached hydrogens (tertiary/aromatic N) is 2. The second kappa shape index (κ2) is 11.0. The van der Waals surface area contributed by atoms with Gasteiger partial charge in [0.15, 0.2) is 0 Å². The third-order valence-electron chi connectivity index (χ3n) is 6.41. The van der Waals surface area contributed by atoms with Crippen molar-refractivity contribution in [2.45, 2.75) is 57.8 Å². The van der Waals surface area contributed by atoms with E-state index in [2.05, 4.69) is 39.9 Å².